The van der Waals surface area contributed by atoms with Gasteiger partial charge < -0.3 is 5.11 Å². The van der Waals surface area contributed by atoms with Crippen LogP contribution in [0.25, 0.3) is 0 Å². The van der Waals surface area contributed by atoms with E-state index in [-0.39, 0.29) is 30.0 Å². The van der Waals surface area contributed by atoms with Gasteiger partial charge in [-0.05, 0) is 36.5 Å². The highest BCUT2D eigenvalue weighted by Crippen LogP contribution is 2.31. The van der Waals surface area contributed by atoms with Crippen molar-refractivity contribution < 1.29 is 18.3 Å². The summed E-state index contributed by atoms with van der Waals surface area (Å²) in [5.41, 5.74) is -3.16. The minimum atomic E-state index is -4.18. The van der Waals surface area contributed by atoms with Gasteiger partial charge in [0.2, 0.25) is 0 Å². The average Bonchev–Trinajstić information content (AvgIpc) is 2.29. The van der Waals surface area contributed by atoms with Gasteiger partial charge in [0.1, 0.15) is 0 Å². The molecule has 0 fully saturated rings. The van der Waals surface area contributed by atoms with Crippen molar-refractivity contribution in [3.63, 3.8) is 0 Å². The zero-order chi connectivity index (χ0) is 13.6. The lowest BCUT2D eigenvalue weighted by molar-refractivity contribution is -0.0328. The van der Waals surface area contributed by atoms with Crippen LogP contribution in [0.1, 0.15) is 12.0 Å². The molecule has 0 saturated carbocycles. The fraction of sp³-hybridized carbons (Fsp3) is 0.500. The molecule has 0 aliphatic rings. The second-order valence-electron chi connectivity index (χ2n) is 3.96. The first-order valence-corrected chi connectivity index (χ1v) is 7.24. The van der Waals surface area contributed by atoms with E-state index in [2.05, 4.69) is 15.9 Å². The van der Waals surface area contributed by atoms with E-state index in [1.165, 1.54) is 0 Å². The summed E-state index contributed by atoms with van der Waals surface area (Å²) in [7, 11) is 0. The maximum atomic E-state index is 12.0. The Morgan fingerprint density at radius 2 is 1.83 bits per heavy atom. The van der Waals surface area contributed by atoms with Gasteiger partial charge in [-0.15, -0.1) is 0 Å². The number of halogens is 4. The molecule has 1 N–H and O–H groups in total. The number of aliphatic hydroxyl groups excluding tert-OH is 1. The highest BCUT2D eigenvalue weighted by Gasteiger charge is 2.28. The zero-order valence-corrected chi connectivity index (χ0v) is 12.0. The summed E-state index contributed by atoms with van der Waals surface area (Å²) >= 11 is 3.29. The van der Waals surface area contributed by atoms with Crippen LogP contribution in [0.3, 0.4) is 0 Å². The molecule has 102 valence electrons. The van der Waals surface area contributed by atoms with Gasteiger partial charge in [-0.1, -0.05) is 39.8 Å². The number of hydrogen-bond donors (Lipinski definition) is 1. The molecule has 0 aliphatic heterocycles. The molecule has 0 bridgehead atoms. The van der Waals surface area contributed by atoms with Gasteiger partial charge in [-0.3, -0.25) is 0 Å². The van der Waals surface area contributed by atoms with Gasteiger partial charge >= 0.3 is 5.51 Å². The van der Waals surface area contributed by atoms with Crippen molar-refractivity contribution in [1.82, 2.24) is 0 Å². The van der Waals surface area contributed by atoms with Crippen LogP contribution in [0, 0.1) is 5.92 Å². The summed E-state index contributed by atoms with van der Waals surface area (Å²) in [6.07, 6.45) is 0.957. The summed E-state index contributed by atoms with van der Waals surface area (Å²) in [6.45, 7) is -0.0888. The third-order valence-electron chi connectivity index (χ3n) is 2.49. The van der Waals surface area contributed by atoms with E-state index in [4.69, 9.17) is 0 Å². The normalized spacial score (nSPS) is 13.6. The van der Waals surface area contributed by atoms with Gasteiger partial charge in [0, 0.05) is 16.8 Å². The lowest BCUT2D eigenvalue weighted by atomic mass is 9.98. The van der Waals surface area contributed by atoms with Gasteiger partial charge in [0.25, 0.3) is 0 Å². The van der Waals surface area contributed by atoms with Crippen molar-refractivity contribution in [3.8, 4) is 0 Å². The summed E-state index contributed by atoms with van der Waals surface area (Å²) in [4.78, 5) is 0. The van der Waals surface area contributed by atoms with Crippen LogP contribution in [0.5, 0.6) is 0 Å². The van der Waals surface area contributed by atoms with Crippen LogP contribution >= 0.6 is 27.7 Å². The molecule has 1 aromatic carbocycles. The van der Waals surface area contributed by atoms with Crippen molar-refractivity contribution in [3.05, 3.63) is 34.3 Å². The van der Waals surface area contributed by atoms with Gasteiger partial charge in [-0.2, -0.15) is 13.2 Å². The smallest absolute Gasteiger partial charge is 0.396 e. The monoisotopic (exact) mass is 342 g/mol. The highest BCUT2D eigenvalue weighted by molar-refractivity contribution is 9.10. The van der Waals surface area contributed by atoms with Crippen LogP contribution < -0.4 is 0 Å². The molecule has 1 rings (SSSR count). The Morgan fingerprint density at radius 3 is 2.33 bits per heavy atom. The molecule has 1 nitrogen and oxygen atoms in total. The third kappa shape index (κ3) is 6.66. The number of thioether (sulfide) groups is 1. The molecular weight excluding hydrogens is 329 g/mol. The zero-order valence-electron chi connectivity index (χ0n) is 9.58. The topological polar surface area (TPSA) is 20.2 Å². The average molecular weight is 343 g/mol. The second kappa shape index (κ2) is 7.40. The SMILES string of the molecule is OCC(CCSC(F)(F)F)Cc1ccc(Br)cc1. The molecule has 0 spiro atoms. The summed E-state index contributed by atoms with van der Waals surface area (Å²) < 4.78 is 36.9. The van der Waals surface area contributed by atoms with Crippen molar-refractivity contribution in [1.29, 1.82) is 0 Å². The molecular formula is C12H14BrF3OS. The fourth-order valence-electron chi connectivity index (χ4n) is 1.55. The van der Waals surface area contributed by atoms with Gasteiger partial charge in [0.15, 0.2) is 0 Å². The molecule has 0 heterocycles. The first kappa shape index (κ1) is 15.9. The Bertz CT molecular complexity index is 353. The number of alkyl halides is 3. The second-order valence-corrected chi connectivity index (χ2v) is 6.04. The minimum Gasteiger partial charge on any atom is -0.396 e. The number of hydrogen-bond acceptors (Lipinski definition) is 2. The molecule has 1 aromatic rings. The van der Waals surface area contributed by atoms with Gasteiger partial charge in [0.05, 0.1) is 0 Å². The van der Waals surface area contributed by atoms with Gasteiger partial charge in [-0.25, -0.2) is 0 Å². The van der Waals surface area contributed by atoms with Crippen LogP contribution in [0.15, 0.2) is 28.7 Å². The molecule has 0 aliphatic carbocycles. The first-order chi connectivity index (χ1) is 8.40. The third-order valence-corrected chi connectivity index (χ3v) is 3.78. The molecule has 0 aromatic heterocycles. The van der Waals surface area contributed by atoms with E-state index >= 15 is 0 Å². The van der Waals surface area contributed by atoms with E-state index in [9.17, 15) is 18.3 Å². The summed E-state index contributed by atoms with van der Waals surface area (Å²) in [5.74, 6) is -0.133. The minimum absolute atomic E-state index is 0.00868. The standard InChI is InChI=1S/C12H14BrF3OS/c13-11-3-1-9(2-4-11)7-10(8-17)5-6-18-12(14,15)16/h1-4,10,17H,5-8H2. The Kier molecular flexibility index (Phi) is 6.52. The van der Waals surface area contributed by atoms with Crippen molar-refractivity contribution in [2.24, 2.45) is 5.92 Å². The van der Waals surface area contributed by atoms with E-state index in [0.717, 1.165) is 10.0 Å². The molecule has 0 amide bonds. The number of rotatable bonds is 6. The molecule has 0 radical (unpaired) electrons. The molecule has 0 saturated heterocycles. The Hall–Kier alpha value is -0.200. The van der Waals surface area contributed by atoms with Crippen LogP contribution in [-0.2, 0) is 6.42 Å². The first-order valence-electron chi connectivity index (χ1n) is 5.46. The van der Waals surface area contributed by atoms with E-state index in [1.54, 1.807) is 0 Å². The Balaban J connectivity index is 2.40. The lowest BCUT2D eigenvalue weighted by Crippen LogP contribution is -2.12. The maximum absolute atomic E-state index is 12.0. The molecule has 18 heavy (non-hydrogen) atoms. The van der Waals surface area contributed by atoms with Crippen molar-refractivity contribution in [2.45, 2.75) is 18.3 Å². The predicted molar refractivity (Wildman–Crippen MR) is 71.6 cm³/mol. The Morgan fingerprint density at radius 1 is 1.22 bits per heavy atom. The van der Waals surface area contributed by atoms with E-state index < -0.39 is 5.51 Å². The summed E-state index contributed by atoms with van der Waals surface area (Å²) in [6, 6.07) is 7.58. The number of aliphatic hydroxyl groups is 1. The Labute approximate surface area is 117 Å². The van der Waals surface area contributed by atoms with E-state index in [0.29, 0.717) is 12.8 Å². The van der Waals surface area contributed by atoms with Crippen LogP contribution in [0.2, 0.25) is 0 Å². The van der Waals surface area contributed by atoms with Crippen molar-refractivity contribution >= 4 is 27.7 Å². The molecule has 1 unspecified atom stereocenters. The molecule has 1 atom stereocenters. The maximum Gasteiger partial charge on any atom is 0.441 e. The lowest BCUT2D eigenvalue weighted by Gasteiger charge is -2.14. The van der Waals surface area contributed by atoms with Crippen molar-refractivity contribution in [2.75, 3.05) is 12.4 Å². The largest absolute Gasteiger partial charge is 0.441 e. The molecule has 6 heteroatoms. The number of benzene rings is 1. The predicted octanol–water partition coefficient (Wildman–Crippen LogP) is 4.24. The quantitative estimate of drug-likeness (QED) is 0.834. The van der Waals surface area contributed by atoms with Crippen LogP contribution in [0.4, 0.5) is 13.2 Å². The fourth-order valence-corrected chi connectivity index (χ4v) is 2.50. The van der Waals surface area contributed by atoms with E-state index in [1.807, 2.05) is 24.3 Å². The summed E-state index contributed by atoms with van der Waals surface area (Å²) in [5, 5.41) is 9.17. The highest BCUT2D eigenvalue weighted by atomic mass is 79.9. The van der Waals surface area contributed by atoms with Crippen LogP contribution in [-0.4, -0.2) is 23.0 Å².